The van der Waals surface area contributed by atoms with E-state index in [2.05, 4.69) is 22.1 Å². The largest absolute Gasteiger partial charge is 0.497 e. The van der Waals surface area contributed by atoms with Gasteiger partial charge in [0, 0.05) is 54.4 Å². The van der Waals surface area contributed by atoms with Gasteiger partial charge in [0.05, 0.1) is 19.2 Å². The van der Waals surface area contributed by atoms with Gasteiger partial charge in [0.15, 0.2) is 0 Å². The Balaban J connectivity index is 1.22. The Morgan fingerprint density at radius 3 is 2.58 bits per heavy atom. The monoisotopic (exact) mass is 552 g/mol. The van der Waals surface area contributed by atoms with Crippen LogP contribution in [0.25, 0.3) is 11.3 Å². The lowest BCUT2D eigenvalue weighted by Crippen LogP contribution is -2.42. The van der Waals surface area contributed by atoms with E-state index in [1.165, 1.54) is 0 Å². The SMILES string of the molecule is COc1ccc2c(c1)C(=O)N(C[C@@]1(C#Cc3ccc(-c4cccc(N5CCSCC5)n4)cc3)CC(=O)NC1=O)C2. The van der Waals surface area contributed by atoms with E-state index >= 15 is 0 Å². The molecule has 3 aliphatic rings. The van der Waals surface area contributed by atoms with Crippen molar-refractivity contribution in [1.29, 1.82) is 0 Å². The van der Waals surface area contributed by atoms with Gasteiger partial charge in [-0.2, -0.15) is 11.8 Å². The van der Waals surface area contributed by atoms with Crippen LogP contribution in [0.1, 0.15) is 27.9 Å². The van der Waals surface area contributed by atoms with Crippen molar-refractivity contribution < 1.29 is 19.1 Å². The van der Waals surface area contributed by atoms with Gasteiger partial charge < -0.3 is 14.5 Å². The molecule has 1 atom stereocenters. The number of rotatable bonds is 5. The number of imide groups is 1. The fraction of sp³-hybridized carbons (Fsp3) is 0.290. The minimum atomic E-state index is -1.32. The topological polar surface area (TPSA) is 91.8 Å². The lowest BCUT2D eigenvalue weighted by Gasteiger charge is -2.27. The zero-order valence-electron chi connectivity index (χ0n) is 22.1. The van der Waals surface area contributed by atoms with E-state index in [0.29, 0.717) is 23.4 Å². The first-order chi connectivity index (χ1) is 19.4. The molecular weight excluding hydrogens is 524 g/mol. The summed E-state index contributed by atoms with van der Waals surface area (Å²) in [6.45, 7) is 2.37. The lowest BCUT2D eigenvalue weighted by atomic mass is 9.85. The van der Waals surface area contributed by atoms with Crippen LogP contribution in [0, 0.1) is 17.3 Å². The summed E-state index contributed by atoms with van der Waals surface area (Å²) in [5.41, 5.74) is 2.64. The second-order valence-corrected chi connectivity index (χ2v) is 11.4. The third-order valence-corrected chi connectivity index (χ3v) is 8.45. The van der Waals surface area contributed by atoms with E-state index in [0.717, 1.165) is 47.2 Å². The highest BCUT2D eigenvalue weighted by atomic mass is 32.2. The molecule has 8 nitrogen and oxygen atoms in total. The van der Waals surface area contributed by atoms with Crippen molar-refractivity contribution in [3.05, 3.63) is 77.4 Å². The summed E-state index contributed by atoms with van der Waals surface area (Å²) in [5, 5.41) is 2.38. The average Bonchev–Trinajstić information content (AvgIpc) is 3.45. The minimum Gasteiger partial charge on any atom is -0.497 e. The number of ether oxygens (including phenoxy) is 1. The van der Waals surface area contributed by atoms with Crippen molar-refractivity contribution in [3.63, 3.8) is 0 Å². The predicted octanol–water partition coefficient (Wildman–Crippen LogP) is 3.35. The van der Waals surface area contributed by atoms with E-state index < -0.39 is 17.2 Å². The molecule has 4 heterocycles. The Morgan fingerprint density at radius 1 is 1.05 bits per heavy atom. The van der Waals surface area contributed by atoms with Gasteiger partial charge in [-0.25, -0.2) is 4.98 Å². The molecule has 3 amide bonds. The normalized spacial score (nSPS) is 20.2. The van der Waals surface area contributed by atoms with Crippen LogP contribution < -0.4 is 15.0 Å². The van der Waals surface area contributed by atoms with Gasteiger partial charge in [-0.3, -0.25) is 19.7 Å². The molecule has 9 heteroatoms. The maximum absolute atomic E-state index is 13.2. The zero-order chi connectivity index (χ0) is 27.7. The van der Waals surface area contributed by atoms with Crippen LogP contribution in [0.2, 0.25) is 0 Å². The fourth-order valence-electron chi connectivity index (χ4n) is 5.30. The molecule has 0 unspecified atom stereocenters. The van der Waals surface area contributed by atoms with Gasteiger partial charge in [-0.1, -0.05) is 36.1 Å². The molecule has 2 saturated heterocycles. The molecule has 0 bridgehead atoms. The lowest BCUT2D eigenvalue weighted by molar-refractivity contribution is -0.127. The van der Waals surface area contributed by atoms with Gasteiger partial charge >= 0.3 is 0 Å². The van der Waals surface area contributed by atoms with Crippen LogP contribution >= 0.6 is 11.8 Å². The van der Waals surface area contributed by atoms with Gasteiger partial charge in [-0.15, -0.1) is 0 Å². The van der Waals surface area contributed by atoms with Crippen molar-refractivity contribution in [2.24, 2.45) is 5.41 Å². The Kier molecular flexibility index (Phi) is 6.95. The van der Waals surface area contributed by atoms with Crippen molar-refractivity contribution in [3.8, 4) is 28.8 Å². The summed E-state index contributed by atoms with van der Waals surface area (Å²) >= 11 is 1.97. The smallest absolute Gasteiger partial charge is 0.254 e. The highest BCUT2D eigenvalue weighted by molar-refractivity contribution is 7.99. The Hall–Kier alpha value is -4.29. The number of fused-ring (bicyclic) bond motifs is 1. The highest BCUT2D eigenvalue weighted by Gasteiger charge is 2.48. The van der Waals surface area contributed by atoms with Crippen molar-refractivity contribution in [2.75, 3.05) is 43.1 Å². The number of carbonyl (C=O) groups excluding carboxylic acids is 3. The first kappa shape index (κ1) is 26.0. The van der Waals surface area contributed by atoms with E-state index in [1.807, 2.05) is 60.3 Å². The molecule has 2 fully saturated rings. The van der Waals surface area contributed by atoms with E-state index in [-0.39, 0.29) is 18.9 Å². The van der Waals surface area contributed by atoms with Gasteiger partial charge in [-0.05, 0) is 42.0 Å². The maximum atomic E-state index is 13.2. The van der Waals surface area contributed by atoms with Crippen LogP contribution in [0.5, 0.6) is 5.75 Å². The van der Waals surface area contributed by atoms with Gasteiger partial charge in [0.25, 0.3) is 5.91 Å². The second kappa shape index (κ2) is 10.7. The van der Waals surface area contributed by atoms with E-state index in [4.69, 9.17) is 9.72 Å². The van der Waals surface area contributed by atoms with E-state index in [9.17, 15) is 14.4 Å². The van der Waals surface area contributed by atoms with Crippen molar-refractivity contribution >= 4 is 35.3 Å². The molecule has 0 saturated carbocycles. The predicted molar refractivity (Wildman–Crippen MR) is 154 cm³/mol. The molecule has 3 aliphatic heterocycles. The Labute approximate surface area is 237 Å². The fourth-order valence-corrected chi connectivity index (χ4v) is 6.21. The Bertz CT molecular complexity index is 1560. The number of hydrogen-bond acceptors (Lipinski definition) is 7. The molecule has 3 aromatic rings. The number of nitrogens with one attached hydrogen (secondary N) is 1. The van der Waals surface area contributed by atoms with Crippen LogP contribution in [-0.4, -0.2) is 65.9 Å². The third-order valence-electron chi connectivity index (χ3n) is 7.50. The molecule has 0 spiro atoms. The second-order valence-electron chi connectivity index (χ2n) is 10.1. The number of thioether (sulfide) groups is 1. The number of hydrogen-bond donors (Lipinski definition) is 1. The molecular formula is C31H28N4O4S. The summed E-state index contributed by atoms with van der Waals surface area (Å²) in [6, 6.07) is 19.1. The number of carbonyl (C=O) groups is 3. The number of nitrogens with zero attached hydrogens (tertiary/aromatic N) is 3. The summed E-state index contributed by atoms with van der Waals surface area (Å²) < 4.78 is 5.26. The van der Waals surface area contributed by atoms with Crippen LogP contribution in [0.4, 0.5) is 5.82 Å². The van der Waals surface area contributed by atoms with Crippen LogP contribution in [0.15, 0.2) is 60.7 Å². The molecule has 1 N–H and O–H groups in total. The number of anilines is 1. The minimum absolute atomic E-state index is 0.0250. The third kappa shape index (κ3) is 5.03. The van der Waals surface area contributed by atoms with E-state index in [1.54, 1.807) is 24.1 Å². The van der Waals surface area contributed by atoms with Crippen LogP contribution in [0.3, 0.4) is 0 Å². The Morgan fingerprint density at radius 2 is 1.85 bits per heavy atom. The van der Waals surface area contributed by atoms with Gasteiger partial charge in [0.2, 0.25) is 11.8 Å². The number of amides is 3. The van der Waals surface area contributed by atoms with Crippen molar-refractivity contribution in [1.82, 2.24) is 15.2 Å². The number of pyridine rings is 1. The number of benzene rings is 2. The summed E-state index contributed by atoms with van der Waals surface area (Å²) in [4.78, 5) is 47.2. The zero-order valence-corrected chi connectivity index (χ0v) is 22.9. The summed E-state index contributed by atoms with van der Waals surface area (Å²) in [7, 11) is 1.55. The number of aromatic nitrogens is 1. The average molecular weight is 553 g/mol. The summed E-state index contributed by atoms with van der Waals surface area (Å²) in [5.74, 6) is 8.90. The van der Waals surface area contributed by atoms with Gasteiger partial charge in [0.1, 0.15) is 17.0 Å². The molecule has 6 rings (SSSR count). The highest BCUT2D eigenvalue weighted by Crippen LogP contribution is 2.34. The molecule has 0 aliphatic carbocycles. The number of methoxy groups -OCH3 is 1. The van der Waals surface area contributed by atoms with Crippen molar-refractivity contribution in [2.45, 2.75) is 13.0 Å². The summed E-state index contributed by atoms with van der Waals surface area (Å²) in [6.07, 6.45) is -0.0912. The molecule has 2 aromatic carbocycles. The standard InChI is InChI=1S/C31H28N4O4S/c1-39-24-10-9-23-19-35(29(37)25(23)17-24)20-31(18-28(36)33-30(31)38)12-11-21-5-7-22(8-6-21)26-3-2-4-27(32-26)34-13-15-40-16-14-34/h2-10,17H,13-16,18-20H2,1H3,(H,33,36,38)/t31-/m1/s1. The molecule has 1 aromatic heterocycles. The molecule has 0 radical (unpaired) electrons. The van der Waals surface area contributed by atoms with Crippen LogP contribution in [-0.2, 0) is 16.1 Å². The molecule has 202 valence electrons. The maximum Gasteiger partial charge on any atom is 0.254 e. The first-order valence-corrected chi connectivity index (χ1v) is 14.3. The first-order valence-electron chi connectivity index (χ1n) is 13.2. The quantitative estimate of drug-likeness (QED) is 0.384. The molecule has 40 heavy (non-hydrogen) atoms.